The highest BCUT2D eigenvalue weighted by Crippen LogP contribution is 2.33. The highest BCUT2D eigenvalue weighted by Gasteiger charge is 2.31. The van der Waals surface area contributed by atoms with Crippen LogP contribution in [0.15, 0.2) is 18.2 Å². The Morgan fingerprint density at radius 1 is 1.41 bits per heavy atom. The van der Waals surface area contributed by atoms with E-state index in [0.717, 1.165) is 18.2 Å². The number of ketones is 1. The third kappa shape index (κ3) is 3.46. The molecule has 0 unspecified atom stereocenters. The van der Waals surface area contributed by atoms with Crippen molar-refractivity contribution in [2.24, 2.45) is 0 Å². The van der Waals surface area contributed by atoms with Crippen LogP contribution in [0.2, 0.25) is 0 Å². The van der Waals surface area contributed by atoms with Crippen molar-refractivity contribution in [2.75, 3.05) is 12.4 Å². The predicted molar refractivity (Wildman–Crippen MR) is 60.7 cm³/mol. The molecule has 0 heterocycles. The first-order valence-corrected chi connectivity index (χ1v) is 5.86. The average molecular weight is 311 g/mol. The van der Waals surface area contributed by atoms with Crippen LogP contribution in [-0.4, -0.2) is 18.2 Å². The highest BCUT2D eigenvalue weighted by atomic mass is 79.9. The zero-order valence-electron chi connectivity index (χ0n) is 8.97. The first kappa shape index (κ1) is 14.0. The monoisotopic (exact) mass is 310 g/mol. The molecule has 6 heteroatoms. The summed E-state index contributed by atoms with van der Waals surface area (Å²) in [4.78, 5) is 11.6. The van der Waals surface area contributed by atoms with Gasteiger partial charge in [0, 0.05) is 11.8 Å². The third-order valence-corrected chi connectivity index (χ3v) is 2.55. The molecule has 0 saturated carbocycles. The van der Waals surface area contributed by atoms with Crippen molar-refractivity contribution in [3.63, 3.8) is 0 Å². The molecular weight excluding hydrogens is 301 g/mol. The number of carbonyl (C=O) groups is 1. The Morgan fingerprint density at radius 3 is 2.53 bits per heavy atom. The second-order valence-electron chi connectivity index (χ2n) is 3.27. The molecule has 2 nitrogen and oxygen atoms in total. The van der Waals surface area contributed by atoms with Crippen LogP contribution in [0.1, 0.15) is 22.3 Å². The largest absolute Gasteiger partial charge is 0.496 e. The molecule has 0 aliphatic rings. The van der Waals surface area contributed by atoms with Crippen LogP contribution < -0.4 is 4.74 Å². The Bertz CT molecular complexity index is 416. The van der Waals surface area contributed by atoms with Gasteiger partial charge in [0.05, 0.1) is 18.2 Å². The van der Waals surface area contributed by atoms with Crippen LogP contribution in [0.25, 0.3) is 0 Å². The fourth-order valence-corrected chi connectivity index (χ4v) is 1.68. The first-order valence-electron chi connectivity index (χ1n) is 4.74. The van der Waals surface area contributed by atoms with Crippen molar-refractivity contribution in [1.29, 1.82) is 0 Å². The Balaban J connectivity index is 3.14. The van der Waals surface area contributed by atoms with Gasteiger partial charge in [-0.1, -0.05) is 15.9 Å². The molecule has 0 aromatic heterocycles. The van der Waals surface area contributed by atoms with Gasteiger partial charge in [-0.3, -0.25) is 4.79 Å². The summed E-state index contributed by atoms with van der Waals surface area (Å²) in [5.41, 5.74) is -0.662. The number of alkyl halides is 4. The molecule has 0 aliphatic carbocycles. The van der Waals surface area contributed by atoms with Gasteiger partial charge in [0.15, 0.2) is 5.78 Å². The van der Waals surface area contributed by atoms with Crippen molar-refractivity contribution in [1.82, 2.24) is 0 Å². The molecule has 0 bridgehead atoms. The normalized spacial score (nSPS) is 11.4. The van der Waals surface area contributed by atoms with Crippen LogP contribution in [0, 0.1) is 0 Å². The Hall–Kier alpha value is -1.04. The van der Waals surface area contributed by atoms with Crippen molar-refractivity contribution >= 4 is 21.7 Å². The molecule has 1 rings (SSSR count). The summed E-state index contributed by atoms with van der Waals surface area (Å²) in [6.45, 7) is 0. The smallest absolute Gasteiger partial charge is 0.416 e. The third-order valence-electron chi connectivity index (χ3n) is 2.15. The zero-order valence-corrected chi connectivity index (χ0v) is 10.6. The van der Waals surface area contributed by atoms with Crippen LogP contribution >= 0.6 is 15.9 Å². The Labute approximate surface area is 105 Å². The minimum atomic E-state index is -4.44. The number of halogens is 4. The molecule has 0 saturated heterocycles. The summed E-state index contributed by atoms with van der Waals surface area (Å²) in [5, 5.41) is 0.454. The highest BCUT2D eigenvalue weighted by molar-refractivity contribution is 9.09. The van der Waals surface area contributed by atoms with Gasteiger partial charge in [-0.15, -0.1) is 0 Å². The number of benzene rings is 1. The SMILES string of the molecule is COc1cc(C(F)(F)F)ccc1C(=O)CCBr. The molecule has 0 N–H and O–H groups in total. The summed E-state index contributed by atoms with van der Waals surface area (Å²) in [6.07, 6.45) is -4.23. The van der Waals surface area contributed by atoms with Gasteiger partial charge in [-0.2, -0.15) is 13.2 Å². The molecule has 94 valence electrons. The van der Waals surface area contributed by atoms with Crippen molar-refractivity contribution in [2.45, 2.75) is 12.6 Å². The van der Waals surface area contributed by atoms with Crippen LogP contribution in [0.5, 0.6) is 5.75 Å². The van der Waals surface area contributed by atoms with Gasteiger partial charge in [0.1, 0.15) is 5.75 Å². The Kier molecular flexibility index (Phi) is 4.56. The molecule has 0 atom stereocenters. The second-order valence-corrected chi connectivity index (χ2v) is 4.07. The maximum atomic E-state index is 12.4. The number of carbonyl (C=O) groups excluding carboxylic acids is 1. The van der Waals surface area contributed by atoms with Crippen LogP contribution in [0.4, 0.5) is 13.2 Å². The van der Waals surface area contributed by atoms with Gasteiger partial charge in [0.25, 0.3) is 0 Å². The van der Waals surface area contributed by atoms with Crippen molar-refractivity contribution < 1.29 is 22.7 Å². The summed E-state index contributed by atoms with van der Waals surface area (Å²) in [5.74, 6) is -0.307. The maximum Gasteiger partial charge on any atom is 0.416 e. The molecule has 1 aromatic rings. The standard InChI is InChI=1S/C11H10BrF3O2/c1-17-10-6-7(11(13,14)15)2-3-8(10)9(16)4-5-12/h2-3,6H,4-5H2,1H3. The molecule has 0 amide bonds. The van der Waals surface area contributed by atoms with E-state index in [-0.39, 0.29) is 23.5 Å². The van der Waals surface area contributed by atoms with Gasteiger partial charge < -0.3 is 4.74 Å². The van der Waals surface area contributed by atoms with Gasteiger partial charge in [0.2, 0.25) is 0 Å². The van der Waals surface area contributed by atoms with Gasteiger partial charge in [-0.05, 0) is 18.2 Å². The van der Waals surface area contributed by atoms with E-state index in [0.29, 0.717) is 5.33 Å². The number of hydrogen-bond donors (Lipinski definition) is 0. The molecule has 0 aliphatic heterocycles. The van der Waals surface area contributed by atoms with Crippen LogP contribution in [0.3, 0.4) is 0 Å². The van der Waals surface area contributed by atoms with E-state index in [9.17, 15) is 18.0 Å². The summed E-state index contributed by atoms with van der Waals surface area (Å²) in [6, 6.07) is 2.86. The van der Waals surface area contributed by atoms with E-state index in [1.54, 1.807) is 0 Å². The zero-order chi connectivity index (χ0) is 13.1. The minimum Gasteiger partial charge on any atom is -0.496 e. The molecule has 0 fully saturated rings. The molecular formula is C11H10BrF3O2. The fourth-order valence-electron chi connectivity index (χ4n) is 1.32. The predicted octanol–water partition coefficient (Wildman–Crippen LogP) is 3.68. The van der Waals surface area contributed by atoms with E-state index in [2.05, 4.69) is 15.9 Å². The van der Waals surface area contributed by atoms with E-state index >= 15 is 0 Å². The average Bonchev–Trinajstić information content (AvgIpc) is 2.27. The first-order chi connectivity index (χ1) is 7.90. The van der Waals surface area contributed by atoms with Gasteiger partial charge >= 0.3 is 6.18 Å². The topological polar surface area (TPSA) is 26.3 Å². The van der Waals surface area contributed by atoms with Crippen LogP contribution in [-0.2, 0) is 6.18 Å². The molecule has 0 radical (unpaired) electrons. The lowest BCUT2D eigenvalue weighted by atomic mass is 10.0. The maximum absolute atomic E-state index is 12.4. The minimum absolute atomic E-state index is 0.0502. The fraction of sp³-hybridized carbons (Fsp3) is 0.364. The Morgan fingerprint density at radius 2 is 2.06 bits per heavy atom. The molecule has 0 spiro atoms. The summed E-state index contributed by atoms with van der Waals surface area (Å²) < 4.78 is 42.1. The van der Waals surface area contributed by atoms with Gasteiger partial charge in [-0.25, -0.2) is 0 Å². The number of hydrogen-bond acceptors (Lipinski definition) is 2. The van der Waals surface area contributed by atoms with E-state index < -0.39 is 11.7 Å². The summed E-state index contributed by atoms with van der Waals surface area (Å²) >= 11 is 3.10. The van der Waals surface area contributed by atoms with Crippen molar-refractivity contribution in [3.8, 4) is 5.75 Å². The molecule has 17 heavy (non-hydrogen) atoms. The lowest BCUT2D eigenvalue weighted by Crippen LogP contribution is -2.08. The number of rotatable bonds is 4. The lowest BCUT2D eigenvalue weighted by Gasteiger charge is -2.11. The number of Topliss-reactive ketones (excluding diaryl/α,β-unsaturated/α-hetero) is 1. The summed E-state index contributed by atoms with van der Waals surface area (Å²) in [7, 11) is 1.24. The lowest BCUT2D eigenvalue weighted by molar-refractivity contribution is -0.137. The number of ether oxygens (including phenoxy) is 1. The van der Waals surface area contributed by atoms with E-state index in [1.165, 1.54) is 7.11 Å². The van der Waals surface area contributed by atoms with Crippen molar-refractivity contribution in [3.05, 3.63) is 29.3 Å². The second kappa shape index (κ2) is 5.53. The van der Waals surface area contributed by atoms with E-state index in [1.807, 2.05) is 0 Å². The van der Waals surface area contributed by atoms with E-state index in [4.69, 9.17) is 4.74 Å². The number of methoxy groups -OCH3 is 1. The quantitative estimate of drug-likeness (QED) is 0.626. The molecule has 1 aromatic carbocycles.